The van der Waals surface area contributed by atoms with Gasteiger partial charge in [0.15, 0.2) is 0 Å². The van der Waals surface area contributed by atoms with Gasteiger partial charge in [-0.3, -0.25) is 4.68 Å². The van der Waals surface area contributed by atoms with E-state index >= 15 is 0 Å². The van der Waals surface area contributed by atoms with Crippen LogP contribution < -0.4 is 5.73 Å². The average molecular weight is 205 g/mol. The molecular weight excluding hydrogens is 192 g/mol. The lowest BCUT2D eigenvalue weighted by Crippen LogP contribution is -2.08. The van der Waals surface area contributed by atoms with Crippen LogP contribution in [0, 0.1) is 0 Å². The van der Waals surface area contributed by atoms with Crippen LogP contribution in [0.25, 0.3) is 0 Å². The summed E-state index contributed by atoms with van der Waals surface area (Å²) < 4.78 is 26.1. The molecule has 0 aliphatic heterocycles. The first kappa shape index (κ1) is 11.1. The molecule has 0 aliphatic carbocycles. The van der Waals surface area contributed by atoms with E-state index < -0.39 is 12.5 Å². The Morgan fingerprint density at radius 3 is 2.79 bits per heavy atom. The third kappa shape index (κ3) is 2.27. The molecule has 1 atom stereocenters. The zero-order valence-electron chi connectivity index (χ0n) is 7.82. The summed E-state index contributed by atoms with van der Waals surface area (Å²) >= 11 is 0. The van der Waals surface area contributed by atoms with Crippen molar-refractivity contribution < 1.29 is 13.9 Å². The van der Waals surface area contributed by atoms with Crippen molar-refractivity contribution in [2.75, 3.05) is 6.54 Å². The van der Waals surface area contributed by atoms with Gasteiger partial charge >= 0.3 is 0 Å². The summed E-state index contributed by atoms with van der Waals surface area (Å²) in [6, 6.07) is 0. The lowest BCUT2D eigenvalue weighted by molar-refractivity contribution is 0.130. The summed E-state index contributed by atoms with van der Waals surface area (Å²) in [5.74, 6) is 0. The number of aliphatic hydroxyl groups is 1. The highest BCUT2D eigenvalue weighted by Gasteiger charge is 2.21. The molecular formula is C8H13F2N3O. The van der Waals surface area contributed by atoms with Gasteiger partial charge in [0, 0.05) is 18.8 Å². The van der Waals surface area contributed by atoms with Crippen LogP contribution in [0.1, 0.15) is 30.2 Å². The van der Waals surface area contributed by atoms with Crippen molar-refractivity contribution in [1.82, 2.24) is 9.78 Å². The van der Waals surface area contributed by atoms with Gasteiger partial charge in [-0.05, 0) is 13.0 Å². The van der Waals surface area contributed by atoms with Crippen molar-refractivity contribution >= 4 is 0 Å². The third-order valence-electron chi connectivity index (χ3n) is 1.89. The molecule has 4 nitrogen and oxygen atoms in total. The molecule has 0 amide bonds. The lowest BCUT2D eigenvalue weighted by atomic mass is 10.1. The van der Waals surface area contributed by atoms with E-state index in [1.54, 1.807) is 0 Å². The minimum absolute atomic E-state index is 0.160. The summed E-state index contributed by atoms with van der Waals surface area (Å²) in [5, 5.41) is 13.1. The Labute approximate surface area is 80.3 Å². The fourth-order valence-corrected chi connectivity index (χ4v) is 1.26. The van der Waals surface area contributed by atoms with Crippen molar-refractivity contribution in [3.05, 3.63) is 17.5 Å². The SMILES string of the molecule is Cn1cc([C@@H](O)CCN)c(C(F)F)n1. The maximum absolute atomic E-state index is 12.4. The Hall–Kier alpha value is -1.01. The predicted molar refractivity (Wildman–Crippen MR) is 46.8 cm³/mol. The molecule has 0 bridgehead atoms. The molecule has 1 heterocycles. The van der Waals surface area contributed by atoms with Crippen LogP contribution in [0.3, 0.4) is 0 Å². The fraction of sp³-hybridized carbons (Fsp3) is 0.625. The Morgan fingerprint density at radius 1 is 1.64 bits per heavy atom. The highest BCUT2D eigenvalue weighted by Crippen LogP contribution is 2.27. The minimum Gasteiger partial charge on any atom is -0.388 e. The molecule has 0 aromatic carbocycles. The van der Waals surface area contributed by atoms with E-state index in [-0.39, 0.29) is 24.2 Å². The van der Waals surface area contributed by atoms with Crippen LogP contribution in [0.4, 0.5) is 8.78 Å². The smallest absolute Gasteiger partial charge is 0.282 e. The Morgan fingerprint density at radius 2 is 2.29 bits per heavy atom. The molecule has 0 fully saturated rings. The predicted octanol–water partition coefficient (Wildman–Crippen LogP) is 0.740. The summed E-state index contributed by atoms with van der Waals surface area (Å²) in [7, 11) is 1.53. The first-order chi connectivity index (χ1) is 6.56. The van der Waals surface area contributed by atoms with Gasteiger partial charge in [-0.1, -0.05) is 0 Å². The van der Waals surface area contributed by atoms with E-state index in [1.165, 1.54) is 17.9 Å². The molecule has 0 radical (unpaired) electrons. The van der Waals surface area contributed by atoms with E-state index in [1.807, 2.05) is 0 Å². The van der Waals surface area contributed by atoms with Crippen LogP contribution in [0.5, 0.6) is 0 Å². The van der Waals surface area contributed by atoms with Crippen molar-refractivity contribution in [2.24, 2.45) is 12.8 Å². The second-order valence-electron chi connectivity index (χ2n) is 3.04. The topological polar surface area (TPSA) is 64.1 Å². The van der Waals surface area contributed by atoms with Crippen molar-refractivity contribution in [1.29, 1.82) is 0 Å². The van der Waals surface area contributed by atoms with Gasteiger partial charge in [-0.2, -0.15) is 5.10 Å². The lowest BCUT2D eigenvalue weighted by Gasteiger charge is -2.08. The third-order valence-corrected chi connectivity index (χ3v) is 1.89. The monoisotopic (exact) mass is 205 g/mol. The molecule has 6 heteroatoms. The maximum atomic E-state index is 12.4. The van der Waals surface area contributed by atoms with E-state index in [2.05, 4.69) is 5.10 Å². The molecule has 14 heavy (non-hydrogen) atoms. The normalized spacial score (nSPS) is 13.6. The molecule has 0 unspecified atom stereocenters. The number of nitrogens with zero attached hydrogens (tertiary/aromatic N) is 2. The zero-order valence-corrected chi connectivity index (χ0v) is 7.82. The van der Waals surface area contributed by atoms with E-state index in [9.17, 15) is 13.9 Å². The molecule has 1 rings (SSSR count). The van der Waals surface area contributed by atoms with Crippen LogP contribution in [-0.4, -0.2) is 21.4 Å². The Kier molecular flexibility index (Phi) is 3.54. The van der Waals surface area contributed by atoms with Gasteiger partial charge in [0.1, 0.15) is 5.69 Å². The second-order valence-corrected chi connectivity index (χ2v) is 3.04. The van der Waals surface area contributed by atoms with E-state index in [0.717, 1.165) is 0 Å². The molecule has 1 aromatic rings. The Balaban J connectivity index is 2.94. The number of hydrogen-bond acceptors (Lipinski definition) is 3. The minimum atomic E-state index is -2.67. The number of aromatic nitrogens is 2. The molecule has 0 saturated carbocycles. The van der Waals surface area contributed by atoms with Gasteiger partial charge in [-0.15, -0.1) is 0 Å². The zero-order chi connectivity index (χ0) is 10.7. The van der Waals surface area contributed by atoms with Crippen LogP contribution in [0.15, 0.2) is 6.20 Å². The van der Waals surface area contributed by atoms with Crippen LogP contribution >= 0.6 is 0 Å². The van der Waals surface area contributed by atoms with Crippen LogP contribution in [0.2, 0.25) is 0 Å². The van der Waals surface area contributed by atoms with Crippen molar-refractivity contribution in [2.45, 2.75) is 19.0 Å². The molecule has 0 aliphatic rings. The summed E-state index contributed by atoms with van der Waals surface area (Å²) in [6.07, 6.45) is -1.98. The van der Waals surface area contributed by atoms with Gasteiger partial charge in [0.05, 0.1) is 6.10 Å². The highest BCUT2D eigenvalue weighted by molar-refractivity contribution is 5.20. The van der Waals surface area contributed by atoms with E-state index in [4.69, 9.17) is 5.73 Å². The standard InChI is InChI=1S/C8H13F2N3O/c1-13-4-5(6(14)2-3-11)7(12-13)8(9)10/h4,6,8,14H,2-3,11H2,1H3/t6-/m0/s1. The average Bonchev–Trinajstić information content (AvgIpc) is 2.48. The summed E-state index contributed by atoms with van der Waals surface area (Å²) in [6.45, 7) is 0.249. The number of nitrogens with two attached hydrogens (primary N) is 1. The summed E-state index contributed by atoms with van der Waals surface area (Å²) in [4.78, 5) is 0. The number of alkyl halides is 2. The largest absolute Gasteiger partial charge is 0.388 e. The molecule has 3 N–H and O–H groups in total. The van der Waals surface area contributed by atoms with Gasteiger partial charge in [0.2, 0.25) is 0 Å². The first-order valence-electron chi connectivity index (χ1n) is 4.26. The van der Waals surface area contributed by atoms with Crippen molar-refractivity contribution in [3.63, 3.8) is 0 Å². The van der Waals surface area contributed by atoms with E-state index in [0.29, 0.717) is 0 Å². The Bertz CT molecular complexity index is 301. The summed E-state index contributed by atoms with van der Waals surface area (Å²) in [5.41, 5.74) is 5.02. The maximum Gasteiger partial charge on any atom is 0.282 e. The fourth-order valence-electron chi connectivity index (χ4n) is 1.26. The number of rotatable bonds is 4. The molecule has 0 saturated heterocycles. The van der Waals surface area contributed by atoms with Gasteiger partial charge < -0.3 is 10.8 Å². The number of hydrogen-bond donors (Lipinski definition) is 2. The quantitative estimate of drug-likeness (QED) is 0.762. The molecule has 0 spiro atoms. The number of halogens is 2. The number of aliphatic hydroxyl groups excluding tert-OH is 1. The number of aryl methyl sites for hydroxylation is 1. The first-order valence-corrected chi connectivity index (χ1v) is 4.26. The molecule has 1 aromatic heterocycles. The van der Waals surface area contributed by atoms with Crippen molar-refractivity contribution in [3.8, 4) is 0 Å². The molecule has 80 valence electrons. The van der Waals surface area contributed by atoms with Gasteiger partial charge in [-0.25, -0.2) is 8.78 Å². The second kappa shape index (κ2) is 4.47. The van der Waals surface area contributed by atoms with Gasteiger partial charge in [0.25, 0.3) is 6.43 Å². The van der Waals surface area contributed by atoms with Crippen LogP contribution in [-0.2, 0) is 7.05 Å². The highest BCUT2D eigenvalue weighted by atomic mass is 19.3.